The number of anilines is 1. The number of amides is 1. The van der Waals surface area contributed by atoms with Gasteiger partial charge in [-0.2, -0.15) is 4.98 Å². The molecule has 0 fully saturated rings. The Kier molecular flexibility index (Phi) is 6.13. The molecule has 2 heterocycles. The molecule has 0 saturated carbocycles. The van der Waals surface area contributed by atoms with E-state index in [9.17, 15) is 9.59 Å². The zero-order valence-electron chi connectivity index (χ0n) is 17.5. The molecule has 32 heavy (non-hydrogen) atoms. The fraction of sp³-hybridized carbons (Fsp3) is 0.167. The number of carbonyl (C=O) groups excluding carboxylic acids is 2. The minimum absolute atomic E-state index is 0.145. The van der Waals surface area contributed by atoms with Crippen LogP contribution in [0.15, 0.2) is 72.0 Å². The second-order valence-corrected chi connectivity index (χ2v) is 7.48. The molecular formula is C24H21N3O4S. The zero-order chi connectivity index (χ0) is 22.7. The van der Waals surface area contributed by atoms with E-state index >= 15 is 0 Å². The first-order valence-corrected chi connectivity index (χ1v) is 10.5. The van der Waals surface area contributed by atoms with Crippen molar-refractivity contribution in [3.63, 3.8) is 0 Å². The summed E-state index contributed by atoms with van der Waals surface area (Å²) in [5.74, 6) is -0.483. The van der Waals surface area contributed by atoms with Gasteiger partial charge in [-0.1, -0.05) is 48.5 Å². The second-order valence-electron chi connectivity index (χ2n) is 7.09. The molecule has 1 aliphatic heterocycles. The molecular weight excluding hydrogens is 426 g/mol. The highest BCUT2D eigenvalue weighted by Crippen LogP contribution is 2.45. The van der Waals surface area contributed by atoms with E-state index < -0.39 is 11.9 Å². The van der Waals surface area contributed by atoms with E-state index in [1.54, 1.807) is 38.1 Å². The molecule has 0 radical (unpaired) electrons. The molecule has 162 valence electrons. The van der Waals surface area contributed by atoms with Crippen LogP contribution in [0.1, 0.15) is 41.3 Å². The number of carbonyl (C=O) groups is 2. The number of fused-ring (bicyclic) bond motifs is 1. The van der Waals surface area contributed by atoms with Gasteiger partial charge >= 0.3 is 5.97 Å². The molecule has 1 atom stereocenters. The number of nitrogens with zero attached hydrogens (tertiary/aromatic N) is 1. The van der Waals surface area contributed by atoms with Crippen LogP contribution in [0.25, 0.3) is 0 Å². The standard InChI is InChI=1S/C24H21N3O4S/c1-3-30-23(29)17-14(2)31-22-19(18(17)15-10-6-4-7-11-15)20(26-24(32)27-22)25-21(28)16-12-8-5-9-13-16/h4-13,18H,3H2,1-2H3,(H2,25,26,27,28,32). The molecule has 1 aromatic heterocycles. The first kappa shape index (κ1) is 21.5. The Morgan fingerprint density at radius 1 is 1.12 bits per heavy atom. The van der Waals surface area contributed by atoms with E-state index in [0.717, 1.165) is 5.56 Å². The highest BCUT2D eigenvalue weighted by atomic mass is 32.1. The molecule has 8 heteroatoms. The maximum Gasteiger partial charge on any atom is 0.338 e. The number of benzene rings is 2. The lowest BCUT2D eigenvalue weighted by atomic mass is 9.83. The van der Waals surface area contributed by atoms with Crippen LogP contribution in [0.5, 0.6) is 5.88 Å². The van der Waals surface area contributed by atoms with Crippen LogP contribution >= 0.6 is 12.2 Å². The Morgan fingerprint density at radius 3 is 2.44 bits per heavy atom. The summed E-state index contributed by atoms with van der Waals surface area (Å²) in [6.45, 7) is 3.65. The van der Waals surface area contributed by atoms with Gasteiger partial charge in [0.15, 0.2) is 0 Å². The average Bonchev–Trinajstić information content (AvgIpc) is 2.79. The molecule has 2 aromatic carbocycles. The molecule has 7 nitrogen and oxygen atoms in total. The Balaban J connectivity index is 1.89. The molecule has 3 aromatic rings. The van der Waals surface area contributed by atoms with Crippen LogP contribution in [0.2, 0.25) is 0 Å². The Bertz CT molecular complexity index is 1250. The molecule has 1 unspecified atom stereocenters. The summed E-state index contributed by atoms with van der Waals surface area (Å²) in [5.41, 5.74) is 2.14. The average molecular weight is 448 g/mol. The van der Waals surface area contributed by atoms with E-state index in [1.165, 1.54) is 0 Å². The molecule has 0 saturated heterocycles. The van der Waals surface area contributed by atoms with Crippen LogP contribution in [-0.2, 0) is 9.53 Å². The predicted molar refractivity (Wildman–Crippen MR) is 122 cm³/mol. The first-order chi connectivity index (χ1) is 15.5. The quantitative estimate of drug-likeness (QED) is 0.433. The van der Waals surface area contributed by atoms with Gasteiger partial charge in [0.05, 0.1) is 23.7 Å². The van der Waals surface area contributed by atoms with Gasteiger partial charge in [0, 0.05) is 5.56 Å². The Morgan fingerprint density at radius 2 is 1.78 bits per heavy atom. The van der Waals surface area contributed by atoms with Gasteiger partial charge < -0.3 is 19.8 Å². The molecule has 0 bridgehead atoms. The summed E-state index contributed by atoms with van der Waals surface area (Å²) in [6.07, 6.45) is 0. The van der Waals surface area contributed by atoms with Crippen LogP contribution < -0.4 is 10.1 Å². The third kappa shape index (κ3) is 4.17. The Labute approximate surface area is 190 Å². The molecule has 2 N–H and O–H groups in total. The third-order valence-corrected chi connectivity index (χ3v) is 5.24. The van der Waals surface area contributed by atoms with Crippen molar-refractivity contribution in [1.82, 2.24) is 9.97 Å². The van der Waals surface area contributed by atoms with Gasteiger partial charge in [0.1, 0.15) is 11.6 Å². The topological polar surface area (TPSA) is 93.3 Å². The van der Waals surface area contributed by atoms with E-state index in [0.29, 0.717) is 28.3 Å². The maximum absolute atomic E-state index is 12.9. The molecule has 0 spiro atoms. The first-order valence-electron chi connectivity index (χ1n) is 10.1. The van der Waals surface area contributed by atoms with E-state index in [1.807, 2.05) is 36.4 Å². The number of hydrogen-bond acceptors (Lipinski definition) is 6. The van der Waals surface area contributed by atoms with Crippen molar-refractivity contribution in [2.45, 2.75) is 19.8 Å². The van der Waals surface area contributed by atoms with Crippen molar-refractivity contribution >= 4 is 29.9 Å². The summed E-state index contributed by atoms with van der Waals surface area (Å²) in [6, 6.07) is 18.2. The number of H-pyrrole nitrogens is 1. The van der Waals surface area contributed by atoms with Crippen molar-refractivity contribution in [1.29, 1.82) is 0 Å². The van der Waals surface area contributed by atoms with Crippen LogP contribution in [0.3, 0.4) is 0 Å². The van der Waals surface area contributed by atoms with Gasteiger partial charge in [-0.25, -0.2) is 4.79 Å². The molecule has 1 aliphatic rings. The maximum atomic E-state index is 12.9. The highest BCUT2D eigenvalue weighted by molar-refractivity contribution is 7.71. The minimum atomic E-state index is -0.579. The van der Waals surface area contributed by atoms with Gasteiger partial charge in [-0.3, -0.25) is 4.79 Å². The summed E-state index contributed by atoms with van der Waals surface area (Å²) in [5, 5.41) is 2.88. The number of aromatic nitrogens is 2. The SMILES string of the molecule is CCOC(=O)C1=C(C)Oc2nc(=S)[nH]c(NC(=O)c3ccccc3)c2C1c1ccccc1. The molecule has 0 aliphatic carbocycles. The van der Waals surface area contributed by atoms with Crippen LogP contribution in [-0.4, -0.2) is 28.5 Å². The fourth-order valence-electron chi connectivity index (χ4n) is 3.68. The van der Waals surface area contributed by atoms with Gasteiger partial charge in [0.2, 0.25) is 10.7 Å². The number of esters is 1. The lowest BCUT2D eigenvalue weighted by Crippen LogP contribution is -2.26. The number of rotatable bonds is 5. The monoisotopic (exact) mass is 447 g/mol. The largest absolute Gasteiger partial charge is 0.463 e. The number of aromatic amines is 1. The lowest BCUT2D eigenvalue weighted by molar-refractivity contribution is -0.139. The van der Waals surface area contributed by atoms with E-state index in [-0.39, 0.29) is 23.2 Å². The summed E-state index contributed by atoms with van der Waals surface area (Å²) >= 11 is 5.27. The lowest BCUT2D eigenvalue weighted by Gasteiger charge is -2.29. The van der Waals surface area contributed by atoms with Gasteiger partial charge in [0.25, 0.3) is 5.91 Å². The number of hydrogen-bond donors (Lipinski definition) is 2. The van der Waals surface area contributed by atoms with Crippen LogP contribution in [0, 0.1) is 4.77 Å². The van der Waals surface area contributed by atoms with Crippen molar-refractivity contribution < 1.29 is 19.1 Å². The summed E-state index contributed by atoms with van der Waals surface area (Å²) in [4.78, 5) is 33.1. The highest BCUT2D eigenvalue weighted by Gasteiger charge is 2.38. The van der Waals surface area contributed by atoms with E-state index in [2.05, 4.69) is 15.3 Å². The van der Waals surface area contributed by atoms with Gasteiger partial charge in [-0.15, -0.1) is 0 Å². The van der Waals surface area contributed by atoms with Crippen molar-refractivity contribution in [3.8, 4) is 5.88 Å². The smallest absolute Gasteiger partial charge is 0.338 e. The van der Waals surface area contributed by atoms with E-state index in [4.69, 9.17) is 21.7 Å². The van der Waals surface area contributed by atoms with Crippen molar-refractivity contribution in [3.05, 3.63) is 93.5 Å². The zero-order valence-corrected chi connectivity index (χ0v) is 18.4. The van der Waals surface area contributed by atoms with Crippen molar-refractivity contribution in [2.75, 3.05) is 11.9 Å². The Hall–Kier alpha value is -3.78. The molecule has 4 rings (SSSR count). The van der Waals surface area contributed by atoms with Gasteiger partial charge in [-0.05, 0) is 43.8 Å². The number of nitrogens with one attached hydrogen (secondary N) is 2. The normalized spacial score (nSPS) is 14.9. The third-order valence-electron chi connectivity index (χ3n) is 5.04. The number of ether oxygens (including phenoxy) is 2. The van der Waals surface area contributed by atoms with Crippen molar-refractivity contribution in [2.24, 2.45) is 0 Å². The fourth-order valence-corrected chi connectivity index (χ4v) is 3.86. The molecule has 1 amide bonds. The number of allylic oxidation sites excluding steroid dienone is 1. The second kappa shape index (κ2) is 9.15. The van der Waals surface area contributed by atoms with Crippen LogP contribution in [0.4, 0.5) is 5.82 Å². The summed E-state index contributed by atoms with van der Waals surface area (Å²) < 4.78 is 11.4. The predicted octanol–water partition coefficient (Wildman–Crippen LogP) is 4.75. The minimum Gasteiger partial charge on any atom is -0.463 e. The summed E-state index contributed by atoms with van der Waals surface area (Å²) in [7, 11) is 0.